The molecule has 2 N–H and O–H groups in total. The monoisotopic (exact) mass is 247 g/mol. The third-order valence-electron chi connectivity index (χ3n) is 4.02. The zero-order chi connectivity index (χ0) is 13.1. The normalized spacial score (nSPS) is 22.1. The predicted molar refractivity (Wildman–Crippen MR) is 78.0 cm³/mol. The molecule has 100 valence electrons. The minimum Gasteiger partial charge on any atom is -0.373 e. The lowest BCUT2D eigenvalue weighted by atomic mass is 10.1. The zero-order valence-electron chi connectivity index (χ0n) is 11.8. The van der Waals surface area contributed by atoms with Gasteiger partial charge in [-0.3, -0.25) is 0 Å². The van der Waals surface area contributed by atoms with E-state index in [-0.39, 0.29) is 6.04 Å². The van der Waals surface area contributed by atoms with Gasteiger partial charge in [-0.1, -0.05) is 12.1 Å². The quantitative estimate of drug-likeness (QED) is 0.885. The largest absolute Gasteiger partial charge is 0.373 e. The lowest BCUT2D eigenvalue weighted by Gasteiger charge is -2.27. The number of likely N-dealkylation sites (tertiary alicyclic amines) is 1. The van der Waals surface area contributed by atoms with Crippen molar-refractivity contribution in [3.63, 3.8) is 0 Å². The van der Waals surface area contributed by atoms with Crippen molar-refractivity contribution in [2.24, 2.45) is 5.73 Å². The Morgan fingerprint density at radius 1 is 1.39 bits per heavy atom. The average Bonchev–Trinajstić information content (AvgIpc) is 2.75. The molecule has 0 aliphatic carbocycles. The highest BCUT2D eigenvalue weighted by atomic mass is 15.2. The summed E-state index contributed by atoms with van der Waals surface area (Å²) in [6, 6.07) is 9.43. The fourth-order valence-electron chi connectivity index (χ4n) is 2.66. The van der Waals surface area contributed by atoms with Gasteiger partial charge in [0.05, 0.1) is 0 Å². The molecule has 1 aliphatic rings. The lowest BCUT2D eigenvalue weighted by Crippen LogP contribution is -2.36. The summed E-state index contributed by atoms with van der Waals surface area (Å²) in [6.45, 7) is 4.36. The maximum absolute atomic E-state index is 5.87. The molecule has 0 aromatic heterocycles. The highest BCUT2D eigenvalue weighted by Gasteiger charge is 2.22. The van der Waals surface area contributed by atoms with Gasteiger partial charge in [0.25, 0.3) is 0 Å². The van der Waals surface area contributed by atoms with Crippen LogP contribution in [0.25, 0.3) is 0 Å². The maximum atomic E-state index is 5.87. The van der Waals surface area contributed by atoms with Crippen molar-refractivity contribution in [3.05, 3.63) is 29.8 Å². The van der Waals surface area contributed by atoms with E-state index in [1.807, 2.05) is 6.92 Å². The molecule has 2 atom stereocenters. The molecule has 0 bridgehead atoms. The molecule has 1 fully saturated rings. The minimum atomic E-state index is 0.116. The van der Waals surface area contributed by atoms with Gasteiger partial charge in [0.15, 0.2) is 0 Å². The molecule has 18 heavy (non-hydrogen) atoms. The van der Waals surface area contributed by atoms with Gasteiger partial charge >= 0.3 is 0 Å². The minimum absolute atomic E-state index is 0.116. The highest BCUT2D eigenvalue weighted by molar-refractivity contribution is 5.47. The Morgan fingerprint density at radius 3 is 2.56 bits per heavy atom. The van der Waals surface area contributed by atoms with E-state index >= 15 is 0 Å². The molecule has 0 saturated carbocycles. The smallest absolute Gasteiger partial charge is 0.0364 e. The Kier molecular flexibility index (Phi) is 4.25. The van der Waals surface area contributed by atoms with Crippen molar-refractivity contribution in [1.82, 2.24) is 4.90 Å². The van der Waals surface area contributed by atoms with Crippen LogP contribution < -0.4 is 10.6 Å². The van der Waals surface area contributed by atoms with E-state index in [2.05, 4.69) is 48.2 Å². The number of rotatable bonds is 4. The maximum Gasteiger partial charge on any atom is 0.0364 e. The molecule has 1 saturated heterocycles. The molecule has 3 nitrogen and oxygen atoms in total. The lowest BCUT2D eigenvalue weighted by molar-refractivity contribution is 0.314. The summed E-state index contributed by atoms with van der Waals surface area (Å²) in [5.41, 5.74) is 8.35. The van der Waals surface area contributed by atoms with Crippen molar-refractivity contribution in [3.8, 4) is 0 Å². The van der Waals surface area contributed by atoms with E-state index in [1.54, 1.807) is 0 Å². The fourth-order valence-corrected chi connectivity index (χ4v) is 2.66. The molecule has 3 heteroatoms. The van der Waals surface area contributed by atoms with Crippen LogP contribution in [0.3, 0.4) is 0 Å². The number of nitrogens with zero attached hydrogens (tertiary/aromatic N) is 2. The number of benzene rings is 1. The molecule has 1 unspecified atom stereocenters. The molecule has 2 rings (SSSR count). The van der Waals surface area contributed by atoms with Gasteiger partial charge in [-0.15, -0.1) is 0 Å². The van der Waals surface area contributed by atoms with Crippen LogP contribution in [0, 0.1) is 0 Å². The van der Waals surface area contributed by atoms with Gasteiger partial charge < -0.3 is 15.5 Å². The van der Waals surface area contributed by atoms with Gasteiger partial charge in [0, 0.05) is 31.4 Å². The fraction of sp³-hybridized carbons (Fsp3) is 0.600. The molecule has 0 spiro atoms. The van der Waals surface area contributed by atoms with Crippen molar-refractivity contribution >= 4 is 5.69 Å². The number of likely N-dealkylation sites (N-methyl/N-ethyl adjacent to an activating group) is 2. The first-order valence-corrected chi connectivity index (χ1v) is 6.85. The van der Waals surface area contributed by atoms with Crippen molar-refractivity contribution < 1.29 is 0 Å². The second-order valence-electron chi connectivity index (χ2n) is 5.54. The average molecular weight is 247 g/mol. The molecule has 0 radical (unpaired) electrons. The molecule has 1 aliphatic heterocycles. The first-order chi connectivity index (χ1) is 8.58. The molecular weight excluding hydrogens is 222 g/mol. The second kappa shape index (κ2) is 5.72. The molecular formula is C15H25N3. The van der Waals surface area contributed by atoms with Crippen LogP contribution in [0.1, 0.15) is 31.4 Å². The van der Waals surface area contributed by atoms with E-state index in [4.69, 9.17) is 5.73 Å². The Bertz CT molecular complexity index is 372. The van der Waals surface area contributed by atoms with Gasteiger partial charge in [-0.2, -0.15) is 0 Å². The molecule has 1 heterocycles. The Morgan fingerprint density at radius 2 is 2.06 bits per heavy atom. The van der Waals surface area contributed by atoms with Gasteiger partial charge in [-0.05, 0) is 51.1 Å². The summed E-state index contributed by atoms with van der Waals surface area (Å²) in [7, 11) is 4.40. The van der Waals surface area contributed by atoms with Crippen molar-refractivity contribution in [1.29, 1.82) is 0 Å². The SMILES string of the molecule is C[C@@H](N)c1ccc(N(C)CC2CCCN2C)cc1. The number of anilines is 1. The van der Waals surface area contributed by atoms with Crippen LogP contribution in [0.5, 0.6) is 0 Å². The summed E-state index contributed by atoms with van der Waals surface area (Å²) in [5, 5.41) is 0. The molecule has 1 aromatic rings. The highest BCUT2D eigenvalue weighted by Crippen LogP contribution is 2.20. The number of nitrogens with two attached hydrogens (primary N) is 1. The van der Waals surface area contributed by atoms with Crippen LogP contribution in [0.15, 0.2) is 24.3 Å². The third-order valence-corrected chi connectivity index (χ3v) is 4.02. The van der Waals surface area contributed by atoms with E-state index in [1.165, 1.54) is 30.6 Å². The predicted octanol–water partition coefficient (Wildman–Crippen LogP) is 2.24. The van der Waals surface area contributed by atoms with E-state index < -0.39 is 0 Å². The number of hydrogen-bond donors (Lipinski definition) is 1. The topological polar surface area (TPSA) is 32.5 Å². The molecule has 0 amide bonds. The van der Waals surface area contributed by atoms with Crippen molar-refractivity contribution in [2.75, 3.05) is 32.1 Å². The third kappa shape index (κ3) is 3.03. The van der Waals surface area contributed by atoms with Crippen LogP contribution in [0.2, 0.25) is 0 Å². The summed E-state index contributed by atoms with van der Waals surface area (Å²) < 4.78 is 0. The Labute approximate surface area is 111 Å². The van der Waals surface area contributed by atoms with Crippen LogP contribution >= 0.6 is 0 Å². The van der Waals surface area contributed by atoms with Gasteiger partial charge in [0.1, 0.15) is 0 Å². The Hall–Kier alpha value is -1.06. The van der Waals surface area contributed by atoms with Crippen LogP contribution in [-0.2, 0) is 0 Å². The number of hydrogen-bond acceptors (Lipinski definition) is 3. The van der Waals surface area contributed by atoms with Gasteiger partial charge in [-0.25, -0.2) is 0 Å². The zero-order valence-corrected chi connectivity index (χ0v) is 11.8. The van der Waals surface area contributed by atoms with E-state index in [9.17, 15) is 0 Å². The standard InChI is InChI=1S/C15H25N3/c1-12(16)13-6-8-14(9-7-13)18(3)11-15-5-4-10-17(15)2/h6-9,12,15H,4-5,10-11,16H2,1-3H3/t12-,15?/m1/s1. The van der Waals surface area contributed by atoms with E-state index in [0.717, 1.165) is 6.54 Å². The summed E-state index contributed by atoms with van der Waals surface area (Å²) >= 11 is 0. The Balaban J connectivity index is 1.98. The first-order valence-electron chi connectivity index (χ1n) is 6.85. The van der Waals surface area contributed by atoms with Crippen LogP contribution in [0.4, 0.5) is 5.69 Å². The summed E-state index contributed by atoms with van der Waals surface area (Å²) in [5.74, 6) is 0. The van der Waals surface area contributed by atoms with Crippen LogP contribution in [-0.4, -0.2) is 38.1 Å². The first kappa shape index (κ1) is 13.4. The van der Waals surface area contributed by atoms with Gasteiger partial charge in [0.2, 0.25) is 0 Å². The van der Waals surface area contributed by atoms with Crippen molar-refractivity contribution in [2.45, 2.75) is 31.8 Å². The van der Waals surface area contributed by atoms with E-state index in [0.29, 0.717) is 6.04 Å². The summed E-state index contributed by atoms with van der Waals surface area (Å²) in [4.78, 5) is 4.81. The second-order valence-corrected chi connectivity index (χ2v) is 5.54. The summed E-state index contributed by atoms with van der Waals surface area (Å²) in [6.07, 6.45) is 2.65. The molecule has 1 aromatic carbocycles.